The lowest BCUT2D eigenvalue weighted by Crippen LogP contribution is -2.44. The predicted molar refractivity (Wildman–Crippen MR) is 87.9 cm³/mol. The maximum atomic E-state index is 12.0. The minimum absolute atomic E-state index is 0. The summed E-state index contributed by atoms with van der Waals surface area (Å²) in [6.07, 6.45) is 7.80. The van der Waals surface area contributed by atoms with Crippen LogP contribution in [0.15, 0.2) is 37.1 Å². The largest absolute Gasteiger partial charge is 0.351 e. The lowest BCUT2D eigenvalue weighted by molar-refractivity contribution is -0.123. The van der Waals surface area contributed by atoms with E-state index in [0.29, 0.717) is 6.54 Å². The van der Waals surface area contributed by atoms with Crippen molar-refractivity contribution in [2.45, 2.75) is 32.9 Å². The monoisotopic (exact) mass is 323 g/mol. The molecule has 3 N–H and O–H groups in total. The van der Waals surface area contributed by atoms with Crippen molar-refractivity contribution in [2.75, 3.05) is 0 Å². The van der Waals surface area contributed by atoms with Crippen molar-refractivity contribution < 1.29 is 4.79 Å². The zero-order valence-corrected chi connectivity index (χ0v) is 13.6. The third-order valence-corrected chi connectivity index (χ3v) is 3.61. The Kier molecular flexibility index (Phi) is 7.01. The molecule has 0 spiro atoms. The Morgan fingerprint density at radius 2 is 2.23 bits per heavy atom. The average molecular weight is 324 g/mol. The summed E-state index contributed by atoms with van der Waals surface area (Å²) in [5.74, 6) is 0.819. The normalized spacial score (nSPS) is 13.0. The van der Waals surface area contributed by atoms with Gasteiger partial charge < -0.3 is 11.1 Å². The van der Waals surface area contributed by atoms with Crippen molar-refractivity contribution in [3.63, 3.8) is 0 Å². The van der Waals surface area contributed by atoms with Crippen LogP contribution in [0.4, 0.5) is 0 Å². The number of aromatic nitrogens is 3. The summed E-state index contributed by atoms with van der Waals surface area (Å²) in [4.78, 5) is 20.2. The Morgan fingerprint density at radius 3 is 2.86 bits per heavy atom. The van der Waals surface area contributed by atoms with Crippen molar-refractivity contribution in [3.8, 4) is 5.82 Å². The Labute approximate surface area is 136 Å². The number of nitrogens with zero attached hydrogens (tertiary/aromatic N) is 3. The smallest absolute Gasteiger partial charge is 0.237 e. The van der Waals surface area contributed by atoms with Crippen LogP contribution in [0, 0.1) is 5.92 Å². The number of amides is 1. The summed E-state index contributed by atoms with van der Waals surface area (Å²) in [6, 6.07) is 3.32. The van der Waals surface area contributed by atoms with E-state index in [-0.39, 0.29) is 24.2 Å². The van der Waals surface area contributed by atoms with E-state index in [2.05, 4.69) is 15.3 Å². The Balaban J connectivity index is 0.00000242. The highest BCUT2D eigenvalue weighted by molar-refractivity contribution is 5.85. The van der Waals surface area contributed by atoms with E-state index in [1.807, 2.05) is 36.7 Å². The average Bonchev–Trinajstić information content (AvgIpc) is 3.05. The number of carbonyl (C=O) groups is 1. The molecule has 2 unspecified atom stereocenters. The zero-order valence-electron chi connectivity index (χ0n) is 12.8. The third kappa shape index (κ3) is 4.54. The minimum Gasteiger partial charge on any atom is -0.351 e. The molecule has 6 nitrogen and oxygen atoms in total. The molecule has 120 valence electrons. The molecule has 0 saturated heterocycles. The number of nitrogens with two attached hydrogens (primary N) is 1. The number of pyridine rings is 1. The van der Waals surface area contributed by atoms with Gasteiger partial charge in [-0.05, 0) is 23.6 Å². The fraction of sp³-hybridized carbons (Fsp3) is 0.400. The van der Waals surface area contributed by atoms with Crippen LogP contribution in [-0.2, 0) is 11.3 Å². The topological polar surface area (TPSA) is 85.8 Å². The molecule has 0 saturated carbocycles. The predicted octanol–water partition coefficient (Wildman–Crippen LogP) is 1.68. The van der Waals surface area contributed by atoms with Crippen molar-refractivity contribution in [2.24, 2.45) is 11.7 Å². The van der Waals surface area contributed by atoms with Crippen LogP contribution in [0.5, 0.6) is 0 Å². The maximum absolute atomic E-state index is 12.0. The molecular weight excluding hydrogens is 302 g/mol. The summed E-state index contributed by atoms with van der Waals surface area (Å²) >= 11 is 0. The van der Waals surface area contributed by atoms with Crippen LogP contribution in [0.1, 0.15) is 25.8 Å². The Hall–Kier alpha value is -1.92. The summed E-state index contributed by atoms with van der Waals surface area (Å²) in [6.45, 7) is 4.44. The molecule has 0 aliphatic heterocycles. The number of carbonyl (C=O) groups excluding carboxylic acids is 1. The van der Waals surface area contributed by atoms with E-state index in [0.717, 1.165) is 17.8 Å². The second-order valence-electron chi connectivity index (χ2n) is 5.12. The zero-order chi connectivity index (χ0) is 15.2. The molecule has 0 aromatic carbocycles. The van der Waals surface area contributed by atoms with Crippen LogP contribution in [0.2, 0.25) is 0 Å². The molecule has 1 amide bonds. The number of rotatable bonds is 6. The first-order chi connectivity index (χ1) is 10.1. The summed E-state index contributed by atoms with van der Waals surface area (Å²) < 4.78 is 1.82. The molecule has 0 aliphatic rings. The highest BCUT2D eigenvalue weighted by atomic mass is 35.5. The van der Waals surface area contributed by atoms with Gasteiger partial charge >= 0.3 is 0 Å². The van der Waals surface area contributed by atoms with E-state index in [4.69, 9.17) is 5.73 Å². The summed E-state index contributed by atoms with van der Waals surface area (Å²) in [7, 11) is 0. The highest BCUT2D eigenvalue weighted by Crippen LogP contribution is 2.08. The first-order valence-corrected chi connectivity index (χ1v) is 7.08. The third-order valence-electron chi connectivity index (χ3n) is 3.61. The van der Waals surface area contributed by atoms with Gasteiger partial charge in [0.2, 0.25) is 5.91 Å². The SMILES string of the molecule is CCC(C)C(N)C(=O)NCc1ccnc(-n2ccnc2)c1.Cl. The van der Waals surface area contributed by atoms with Gasteiger partial charge in [-0.2, -0.15) is 0 Å². The molecule has 7 heteroatoms. The fourth-order valence-corrected chi connectivity index (χ4v) is 1.93. The highest BCUT2D eigenvalue weighted by Gasteiger charge is 2.18. The van der Waals surface area contributed by atoms with Gasteiger partial charge in [0.1, 0.15) is 12.1 Å². The fourth-order valence-electron chi connectivity index (χ4n) is 1.93. The second-order valence-corrected chi connectivity index (χ2v) is 5.12. The van der Waals surface area contributed by atoms with Gasteiger partial charge in [0.15, 0.2) is 0 Å². The minimum atomic E-state index is -0.468. The van der Waals surface area contributed by atoms with Crippen LogP contribution >= 0.6 is 12.4 Å². The first-order valence-electron chi connectivity index (χ1n) is 7.08. The van der Waals surface area contributed by atoms with E-state index >= 15 is 0 Å². The number of hydrogen-bond donors (Lipinski definition) is 2. The van der Waals surface area contributed by atoms with E-state index in [9.17, 15) is 4.79 Å². The molecule has 0 aliphatic carbocycles. The lowest BCUT2D eigenvalue weighted by Gasteiger charge is -2.17. The van der Waals surface area contributed by atoms with Gasteiger partial charge in [0.25, 0.3) is 0 Å². The van der Waals surface area contributed by atoms with E-state index < -0.39 is 6.04 Å². The van der Waals surface area contributed by atoms with Gasteiger partial charge in [0.05, 0.1) is 6.04 Å². The molecule has 0 radical (unpaired) electrons. The molecule has 0 bridgehead atoms. The molecule has 2 aromatic rings. The van der Waals surface area contributed by atoms with Gasteiger partial charge in [0, 0.05) is 25.1 Å². The molecular formula is C15H22ClN5O. The second kappa shape index (κ2) is 8.51. The van der Waals surface area contributed by atoms with E-state index in [1.165, 1.54) is 0 Å². The van der Waals surface area contributed by atoms with Crippen molar-refractivity contribution in [1.82, 2.24) is 19.9 Å². The van der Waals surface area contributed by atoms with Crippen LogP contribution in [0.3, 0.4) is 0 Å². The number of imidazole rings is 1. The van der Waals surface area contributed by atoms with Crippen molar-refractivity contribution in [1.29, 1.82) is 0 Å². The molecule has 2 aromatic heterocycles. The molecule has 22 heavy (non-hydrogen) atoms. The number of halogens is 1. The number of nitrogens with one attached hydrogen (secondary N) is 1. The van der Waals surface area contributed by atoms with Gasteiger partial charge in [-0.25, -0.2) is 9.97 Å². The van der Waals surface area contributed by atoms with Gasteiger partial charge in [-0.15, -0.1) is 12.4 Å². The Morgan fingerprint density at radius 1 is 1.45 bits per heavy atom. The van der Waals surface area contributed by atoms with Gasteiger partial charge in [-0.1, -0.05) is 20.3 Å². The van der Waals surface area contributed by atoms with Crippen molar-refractivity contribution in [3.05, 3.63) is 42.6 Å². The standard InChI is InChI=1S/C15H21N5O.ClH/c1-3-11(2)14(16)15(21)19-9-12-4-5-18-13(8-12)20-7-6-17-10-20;/h4-8,10-11,14H,3,9,16H2,1-2H3,(H,19,21);1H. The summed E-state index contributed by atoms with van der Waals surface area (Å²) in [5, 5.41) is 2.87. The van der Waals surface area contributed by atoms with Crippen LogP contribution < -0.4 is 11.1 Å². The molecule has 0 fully saturated rings. The quantitative estimate of drug-likeness (QED) is 0.847. The van der Waals surface area contributed by atoms with Crippen LogP contribution in [0.25, 0.3) is 5.82 Å². The molecule has 2 heterocycles. The summed E-state index contributed by atoms with van der Waals surface area (Å²) in [5.41, 5.74) is 6.88. The van der Waals surface area contributed by atoms with Crippen LogP contribution in [-0.4, -0.2) is 26.5 Å². The maximum Gasteiger partial charge on any atom is 0.237 e. The lowest BCUT2D eigenvalue weighted by atomic mass is 9.99. The Bertz CT molecular complexity index is 587. The molecule has 2 atom stereocenters. The van der Waals surface area contributed by atoms with E-state index in [1.54, 1.807) is 18.7 Å². The molecule has 2 rings (SSSR count). The first kappa shape index (κ1) is 18.1. The van der Waals surface area contributed by atoms with Crippen molar-refractivity contribution >= 4 is 18.3 Å². The van der Waals surface area contributed by atoms with Gasteiger partial charge in [-0.3, -0.25) is 9.36 Å². The number of hydrogen-bond acceptors (Lipinski definition) is 4.